The van der Waals surface area contributed by atoms with Crippen LogP contribution in [-0.2, 0) is 9.53 Å². The number of allylic oxidation sites excluding steroid dienone is 2. The summed E-state index contributed by atoms with van der Waals surface area (Å²) in [7, 11) is 1.36. The molecule has 5 heteroatoms. The van der Waals surface area contributed by atoms with Crippen molar-refractivity contribution in [2.75, 3.05) is 13.7 Å². The number of carbonyl (C=O) groups is 3. The Bertz CT molecular complexity index is 659. The molecule has 2 amide bonds. The van der Waals surface area contributed by atoms with Crippen LogP contribution in [0.4, 0.5) is 0 Å². The number of benzene rings is 1. The highest BCUT2D eigenvalue weighted by Crippen LogP contribution is 2.35. The van der Waals surface area contributed by atoms with E-state index < -0.39 is 0 Å². The fraction of sp³-hybridized carbons (Fsp3) is 0.389. The number of esters is 1. The van der Waals surface area contributed by atoms with Crippen LogP contribution < -0.4 is 0 Å². The second-order valence-corrected chi connectivity index (χ2v) is 6.12. The molecule has 0 fully saturated rings. The van der Waals surface area contributed by atoms with E-state index in [0.717, 1.165) is 0 Å². The third kappa shape index (κ3) is 2.67. The minimum Gasteiger partial charge on any atom is -0.469 e. The largest absolute Gasteiger partial charge is 0.469 e. The SMILES string of the molecule is COC(=O)C[C@H]1C=C[C@H](C)[C@H]1CN1C(=O)c2ccccc2C1=O. The van der Waals surface area contributed by atoms with Crippen LogP contribution in [0.25, 0.3) is 0 Å². The van der Waals surface area contributed by atoms with Crippen molar-refractivity contribution < 1.29 is 19.1 Å². The van der Waals surface area contributed by atoms with Gasteiger partial charge in [0, 0.05) is 6.54 Å². The molecule has 120 valence electrons. The fourth-order valence-electron chi connectivity index (χ4n) is 3.41. The number of ether oxygens (including phenoxy) is 1. The molecular formula is C18H19NO4. The van der Waals surface area contributed by atoms with Crippen molar-refractivity contribution in [2.24, 2.45) is 17.8 Å². The van der Waals surface area contributed by atoms with Gasteiger partial charge in [0.1, 0.15) is 0 Å². The molecule has 0 spiro atoms. The molecule has 3 atom stereocenters. The molecule has 0 unspecified atom stereocenters. The van der Waals surface area contributed by atoms with Crippen molar-refractivity contribution in [3.05, 3.63) is 47.5 Å². The van der Waals surface area contributed by atoms with Crippen LogP contribution >= 0.6 is 0 Å². The molecule has 1 aromatic carbocycles. The van der Waals surface area contributed by atoms with Gasteiger partial charge in [-0.2, -0.15) is 0 Å². The summed E-state index contributed by atoms with van der Waals surface area (Å²) in [6.45, 7) is 2.36. The number of hydrogen-bond donors (Lipinski definition) is 0. The molecule has 0 bridgehead atoms. The highest BCUT2D eigenvalue weighted by atomic mass is 16.5. The van der Waals surface area contributed by atoms with E-state index in [1.165, 1.54) is 12.0 Å². The molecular weight excluding hydrogens is 294 g/mol. The standard InChI is InChI=1S/C18H19NO4/c1-11-7-8-12(9-16(20)23-2)15(11)10-19-17(21)13-5-3-4-6-14(13)18(19)22/h3-8,11-12,15H,9-10H2,1-2H3/t11-,12+,15+/m0/s1. The maximum absolute atomic E-state index is 12.5. The van der Waals surface area contributed by atoms with Gasteiger partial charge in [-0.05, 0) is 29.9 Å². The fourth-order valence-corrected chi connectivity index (χ4v) is 3.41. The zero-order chi connectivity index (χ0) is 16.6. The highest BCUT2D eigenvalue weighted by Gasteiger charge is 2.40. The van der Waals surface area contributed by atoms with Crippen molar-refractivity contribution in [1.82, 2.24) is 4.90 Å². The molecule has 1 aliphatic heterocycles. The van der Waals surface area contributed by atoms with E-state index >= 15 is 0 Å². The number of fused-ring (bicyclic) bond motifs is 1. The van der Waals surface area contributed by atoms with Crippen LogP contribution in [0.2, 0.25) is 0 Å². The number of amides is 2. The van der Waals surface area contributed by atoms with Gasteiger partial charge in [-0.3, -0.25) is 19.3 Å². The first-order chi connectivity index (χ1) is 11.0. The lowest BCUT2D eigenvalue weighted by atomic mass is 9.86. The summed E-state index contributed by atoms with van der Waals surface area (Å²) in [6.07, 6.45) is 4.30. The van der Waals surface area contributed by atoms with Crippen molar-refractivity contribution in [1.29, 1.82) is 0 Å². The van der Waals surface area contributed by atoms with Crippen LogP contribution in [0.3, 0.4) is 0 Å². The summed E-state index contributed by atoms with van der Waals surface area (Å²) < 4.78 is 4.74. The Morgan fingerprint density at radius 2 is 1.74 bits per heavy atom. The summed E-state index contributed by atoms with van der Waals surface area (Å²) >= 11 is 0. The van der Waals surface area contributed by atoms with Gasteiger partial charge in [-0.1, -0.05) is 31.2 Å². The Labute approximate surface area is 134 Å². The Balaban J connectivity index is 1.78. The first-order valence-electron chi connectivity index (χ1n) is 7.73. The van der Waals surface area contributed by atoms with E-state index in [1.54, 1.807) is 24.3 Å². The van der Waals surface area contributed by atoms with E-state index in [-0.39, 0.29) is 42.0 Å². The smallest absolute Gasteiger partial charge is 0.306 e. The third-order valence-corrected chi connectivity index (χ3v) is 4.79. The van der Waals surface area contributed by atoms with Crippen LogP contribution in [0.1, 0.15) is 34.1 Å². The molecule has 0 aromatic heterocycles. The van der Waals surface area contributed by atoms with Gasteiger partial charge < -0.3 is 4.74 Å². The van der Waals surface area contributed by atoms with Gasteiger partial charge in [0.05, 0.1) is 24.7 Å². The number of carbonyl (C=O) groups excluding carboxylic acids is 3. The second-order valence-electron chi connectivity index (χ2n) is 6.12. The van der Waals surface area contributed by atoms with E-state index in [0.29, 0.717) is 17.7 Å². The first kappa shape index (κ1) is 15.5. The van der Waals surface area contributed by atoms with Crippen LogP contribution in [0.15, 0.2) is 36.4 Å². The zero-order valence-corrected chi connectivity index (χ0v) is 13.2. The Morgan fingerprint density at radius 3 is 2.30 bits per heavy atom. The molecule has 1 aliphatic carbocycles. The van der Waals surface area contributed by atoms with Gasteiger partial charge in [-0.15, -0.1) is 0 Å². The molecule has 5 nitrogen and oxygen atoms in total. The van der Waals surface area contributed by atoms with Crippen molar-refractivity contribution in [3.8, 4) is 0 Å². The van der Waals surface area contributed by atoms with Gasteiger partial charge in [-0.25, -0.2) is 0 Å². The summed E-state index contributed by atoms with van der Waals surface area (Å²) in [5.41, 5.74) is 0.918. The molecule has 0 N–H and O–H groups in total. The summed E-state index contributed by atoms with van der Waals surface area (Å²) in [4.78, 5) is 37.8. The number of methoxy groups -OCH3 is 1. The lowest BCUT2D eigenvalue weighted by Crippen LogP contribution is -2.38. The molecule has 0 radical (unpaired) electrons. The molecule has 1 heterocycles. The summed E-state index contributed by atoms with van der Waals surface area (Å²) in [6, 6.07) is 6.87. The number of imide groups is 1. The van der Waals surface area contributed by atoms with E-state index in [2.05, 4.69) is 0 Å². The Hall–Kier alpha value is -2.43. The zero-order valence-electron chi connectivity index (χ0n) is 13.2. The monoisotopic (exact) mass is 313 g/mol. The average molecular weight is 313 g/mol. The Morgan fingerprint density at radius 1 is 1.13 bits per heavy atom. The summed E-state index contributed by atoms with van der Waals surface area (Å²) in [5.74, 6) is -0.545. The van der Waals surface area contributed by atoms with Crippen LogP contribution in [0, 0.1) is 17.8 Å². The lowest BCUT2D eigenvalue weighted by Gasteiger charge is -2.26. The van der Waals surface area contributed by atoms with Crippen LogP contribution in [-0.4, -0.2) is 36.3 Å². The minimum atomic E-state index is -0.277. The predicted molar refractivity (Wildman–Crippen MR) is 83.7 cm³/mol. The molecule has 3 rings (SSSR count). The third-order valence-electron chi connectivity index (χ3n) is 4.79. The highest BCUT2D eigenvalue weighted by molar-refractivity contribution is 6.21. The van der Waals surface area contributed by atoms with Crippen molar-refractivity contribution in [3.63, 3.8) is 0 Å². The average Bonchev–Trinajstić information content (AvgIpc) is 3.02. The molecule has 2 aliphatic rings. The number of rotatable bonds is 4. The van der Waals surface area contributed by atoms with E-state index in [4.69, 9.17) is 4.74 Å². The minimum absolute atomic E-state index is 0.0123. The van der Waals surface area contributed by atoms with Crippen LogP contribution in [0.5, 0.6) is 0 Å². The van der Waals surface area contributed by atoms with E-state index in [9.17, 15) is 14.4 Å². The van der Waals surface area contributed by atoms with E-state index in [1.807, 2.05) is 19.1 Å². The number of nitrogens with zero attached hydrogens (tertiary/aromatic N) is 1. The quantitative estimate of drug-likeness (QED) is 0.486. The van der Waals surface area contributed by atoms with Crippen molar-refractivity contribution in [2.45, 2.75) is 13.3 Å². The molecule has 23 heavy (non-hydrogen) atoms. The Kier molecular flexibility index (Phi) is 4.03. The lowest BCUT2D eigenvalue weighted by molar-refractivity contribution is -0.141. The molecule has 1 aromatic rings. The van der Waals surface area contributed by atoms with Gasteiger partial charge in [0.25, 0.3) is 11.8 Å². The maximum Gasteiger partial charge on any atom is 0.306 e. The van der Waals surface area contributed by atoms with Gasteiger partial charge in [0.15, 0.2) is 0 Å². The first-order valence-corrected chi connectivity index (χ1v) is 7.73. The van der Waals surface area contributed by atoms with Gasteiger partial charge in [0.2, 0.25) is 0 Å². The maximum atomic E-state index is 12.5. The second kappa shape index (κ2) is 5.99. The topological polar surface area (TPSA) is 63.7 Å². The summed E-state index contributed by atoms with van der Waals surface area (Å²) in [5, 5.41) is 0. The normalized spacial score (nSPS) is 25.8. The van der Waals surface area contributed by atoms with Crippen molar-refractivity contribution >= 4 is 17.8 Å². The molecule has 0 saturated carbocycles. The van der Waals surface area contributed by atoms with Gasteiger partial charge >= 0.3 is 5.97 Å². The number of hydrogen-bond acceptors (Lipinski definition) is 4. The predicted octanol–water partition coefficient (Wildman–Crippen LogP) is 2.28. The molecule has 0 saturated heterocycles.